The summed E-state index contributed by atoms with van der Waals surface area (Å²) >= 11 is 1.50. The van der Waals surface area contributed by atoms with Crippen LogP contribution in [0.15, 0.2) is 42.5 Å². The summed E-state index contributed by atoms with van der Waals surface area (Å²) in [5, 5.41) is 14.1. The highest BCUT2D eigenvalue weighted by Gasteiger charge is 2.18. The third-order valence-corrected chi connectivity index (χ3v) is 4.87. The monoisotopic (exact) mass is 336 g/mol. The number of ether oxygens (including phenoxy) is 2. The van der Waals surface area contributed by atoms with E-state index in [9.17, 15) is 0 Å². The fraction of sp³-hybridized carbons (Fsp3) is 0.118. The molecule has 0 amide bonds. The Labute approximate surface area is 141 Å². The van der Waals surface area contributed by atoms with Gasteiger partial charge < -0.3 is 9.47 Å². The number of hydrogen-bond acceptors (Lipinski definition) is 6. The van der Waals surface area contributed by atoms with E-state index in [1.807, 2.05) is 30.3 Å². The molecule has 0 unspecified atom stereocenters. The molecule has 0 spiro atoms. The van der Waals surface area contributed by atoms with Crippen molar-refractivity contribution in [1.82, 2.24) is 19.8 Å². The first-order chi connectivity index (χ1) is 11.8. The van der Waals surface area contributed by atoms with E-state index in [1.165, 1.54) is 16.9 Å². The van der Waals surface area contributed by atoms with Crippen molar-refractivity contribution in [2.45, 2.75) is 6.92 Å². The molecule has 2 aromatic heterocycles. The zero-order valence-corrected chi connectivity index (χ0v) is 13.6. The minimum absolute atomic E-state index is 0.265. The SMILES string of the molecule is Cc1ccc(-c2nnc3sc(-c4ccc5c(c4)OCO5)nn23)cc1. The van der Waals surface area contributed by atoms with Crippen LogP contribution in [0.1, 0.15) is 5.56 Å². The molecule has 118 valence electrons. The molecule has 2 aromatic carbocycles. The predicted molar refractivity (Wildman–Crippen MR) is 90.4 cm³/mol. The molecule has 0 saturated carbocycles. The van der Waals surface area contributed by atoms with Crippen molar-refractivity contribution >= 4 is 16.3 Å². The smallest absolute Gasteiger partial charge is 0.235 e. The summed E-state index contributed by atoms with van der Waals surface area (Å²) in [6.45, 7) is 2.32. The Morgan fingerprint density at radius 1 is 0.958 bits per heavy atom. The molecule has 4 aromatic rings. The van der Waals surface area contributed by atoms with Crippen LogP contribution in [0.25, 0.3) is 26.9 Å². The highest BCUT2D eigenvalue weighted by atomic mass is 32.1. The van der Waals surface area contributed by atoms with Crippen molar-refractivity contribution in [2.75, 3.05) is 6.79 Å². The quantitative estimate of drug-likeness (QED) is 0.560. The summed E-state index contributed by atoms with van der Waals surface area (Å²) < 4.78 is 12.6. The molecule has 5 rings (SSSR count). The van der Waals surface area contributed by atoms with Gasteiger partial charge in [0.15, 0.2) is 17.3 Å². The maximum Gasteiger partial charge on any atom is 0.235 e. The summed E-state index contributed by atoms with van der Waals surface area (Å²) in [5.74, 6) is 2.26. The molecule has 1 aliphatic heterocycles. The lowest BCUT2D eigenvalue weighted by molar-refractivity contribution is 0.174. The molecule has 0 saturated heterocycles. The van der Waals surface area contributed by atoms with Crippen molar-refractivity contribution < 1.29 is 9.47 Å². The Balaban J connectivity index is 1.60. The van der Waals surface area contributed by atoms with Gasteiger partial charge in [0.25, 0.3) is 0 Å². The predicted octanol–water partition coefficient (Wildman–Crippen LogP) is 3.56. The van der Waals surface area contributed by atoms with Crippen molar-refractivity contribution in [3.05, 3.63) is 48.0 Å². The molecule has 0 fully saturated rings. The van der Waals surface area contributed by atoms with Crippen molar-refractivity contribution in [1.29, 1.82) is 0 Å². The van der Waals surface area contributed by atoms with Gasteiger partial charge in [0.1, 0.15) is 5.01 Å². The van der Waals surface area contributed by atoms with Crippen LogP contribution in [-0.2, 0) is 0 Å². The number of aromatic nitrogens is 4. The molecular formula is C17H12N4O2S. The van der Waals surface area contributed by atoms with Gasteiger partial charge in [-0.05, 0) is 25.1 Å². The molecule has 0 bridgehead atoms. The van der Waals surface area contributed by atoms with Gasteiger partial charge in [-0.3, -0.25) is 0 Å². The lowest BCUT2D eigenvalue weighted by Gasteiger charge is -1.99. The average Bonchev–Trinajstić information content (AvgIpc) is 3.30. The van der Waals surface area contributed by atoms with Crippen LogP contribution < -0.4 is 9.47 Å². The average molecular weight is 336 g/mol. The van der Waals surface area contributed by atoms with E-state index in [0.717, 1.165) is 38.4 Å². The topological polar surface area (TPSA) is 61.5 Å². The van der Waals surface area contributed by atoms with Crippen LogP contribution in [0.2, 0.25) is 0 Å². The molecule has 0 aliphatic carbocycles. The van der Waals surface area contributed by atoms with E-state index >= 15 is 0 Å². The molecule has 0 N–H and O–H groups in total. The Morgan fingerprint density at radius 3 is 2.62 bits per heavy atom. The normalized spacial score (nSPS) is 12.9. The van der Waals surface area contributed by atoms with Gasteiger partial charge >= 0.3 is 0 Å². The van der Waals surface area contributed by atoms with Gasteiger partial charge in [-0.1, -0.05) is 41.2 Å². The molecule has 3 heterocycles. The summed E-state index contributed by atoms with van der Waals surface area (Å²) in [6, 6.07) is 14.0. The Hall–Kier alpha value is -2.93. The largest absolute Gasteiger partial charge is 0.454 e. The first kappa shape index (κ1) is 13.5. The lowest BCUT2D eigenvalue weighted by atomic mass is 10.1. The summed E-state index contributed by atoms with van der Waals surface area (Å²) in [6.07, 6.45) is 0. The fourth-order valence-corrected chi connectivity index (χ4v) is 3.48. The number of fused-ring (bicyclic) bond motifs is 2. The van der Waals surface area contributed by atoms with Gasteiger partial charge in [-0.15, -0.1) is 10.2 Å². The first-order valence-corrected chi connectivity index (χ1v) is 8.29. The van der Waals surface area contributed by atoms with E-state index in [0.29, 0.717) is 0 Å². The lowest BCUT2D eigenvalue weighted by Crippen LogP contribution is -1.92. The minimum atomic E-state index is 0.265. The number of aryl methyl sites for hydroxylation is 1. The number of benzene rings is 2. The van der Waals surface area contributed by atoms with Gasteiger partial charge in [0.05, 0.1) is 0 Å². The summed E-state index contributed by atoms with van der Waals surface area (Å²) in [5.41, 5.74) is 3.18. The maximum atomic E-state index is 5.44. The maximum absolute atomic E-state index is 5.44. The van der Waals surface area contributed by atoms with Crippen LogP contribution in [0.4, 0.5) is 0 Å². The van der Waals surface area contributed by atoms with Gasteiger partial charge in [0, 0.05) is 11.1 Å². The van der Waals surface area contributed by atoms with Crippen LogP contribution >= 0.6 is 11.3 Å². The zero-order valence-electron chi connectivity index (χ0n) is 12.8. The molecule has 1 aliphatic rings. The number of hydrogen-bond donors (Lipinski definition) is 0. The van der Waals surface area contributed by atoms with Gasteiger partial charge in [-0.25, -0.2) is 0 Å². The van der Waals surface area contributed by atoms with E-state index in [2.05, 4.69) is 34.4 Å². The second-order valence-electron chi connectivity index (χ2n) is 5.56. The number of nitrogens with zero attached hydrogens (tertiary/aromatic N) is 4. The standard InChI is InChI=1S/C17H12N4O2S/c1-10-2-4-11(5-3-10)15-18-19-17-21(15)20-16(24-17)12-6-7-13-14(8-12)23-9-22-13/h2-8H,9H2,1H3. The van der Waals surface area contributed by atoms with E-state index in [1.54, 1.807) is 4.52 Å². The molecular weight excluding hydrogens is 324 g/mol. The van der Waals surface area contributed by atoms with Crippen molar-refractivity contribution in [2.24, 2.45) is 0 Å². The summed E-state index contributed by atoms with van der Waals surface area (Å²) in [7, 11) is 0. The second-order valence-corrected chi connectivity index (χ2v) is 6.52. The van der Waals surface area contributed by atoms with Gasteiger partial charge in [0.2, 0.25) is 11.8 Å². The van der Waals surface area contributed by atoms with Crippen molar-refractivity contribution in [3.8, 4) is 33.5 Å². The summed E-state index contributed by atoms with van der Waals surface area (Å²) in [4.78, 5) is 0.762. The second kappa shape index (κ2) is 5.04. The van der Waals surface area contributed by atoms with Crippen molar-refractivity contribution in [3.63, 3.8) is 0 Å². The molecule has 7 heteroatoms. The fourth-order valence-electron chi connectivity index (χ4n) is 2.65. The molecule has 6 nitrogen and oxygen atoms in total. The van der Waals surface area contributed by atoms with Crippen LogP contribution in [0, 0.1) is 6.92 Å². The number of rotatable bonds is 2. The Kier molecular flexibility index (Phi) is 2.83. The van der Waals surface area contributed by atoms with Crippen LogP contribution in [-0.4, -0.2) is 26.6 Å². The van der Waals surface area contributed by atoms with E-state index < -0.39 is 0 Å². The minimum Gasteiger partial charge on any atom is -0.454 e. The van der Waals surface area contributed by atoms with Crippen LogP contribution in [0.3, 0.4) is 0 Å². The zero-order chi connectivity index (χ0) is 16.1. The molecule has 24 heavy (non-hydrogen) atoms. The molecule has 0 atom stereocenters. The van der Waals surface area contributed by atoms with Gasteiger partial charge in [-0.2, -0.15) is 9.61 Å². The Morgan fingerprint density at radius 2 is 1.75 bits per heavy atom. The first-order valence-electron chi connectivity index (χ1n) is 7.47. The highest BCUT2D eigenvalue weighted by molar-refractivity contribution is 7.19. The van der Waals surface area contributed by atoms with E-state index in [4.69, 9.17) is 9.47 Å². The molecule has 0 radical (unpaired) electrons. The van der Waals surface area contributed by atoms with E-state index in [-0.39, 0.29) is 6.79 Å². The third-order valence-electron chi connectivity index (χ3n) is 3.92. The third kappa shape index (κ3) is 2.05. The highest BCUT2D eigenvalue weighted by Crippen LogP contribution is 2.37. The Bertz CT molecular complexity index is 1050. The van der Waals surface area contributed by atoms with Crippen LogP contribution in [0.5, 0.6) is 11.5 Å².